The Morgan fingerprint density at radius 1 is 1.19 bits per heavy atom. The highest BCUT2D eigenvalue weighted by Gasteiger charge is 2.45. The standard InChI is InChI=1S/C20H21N3O3/c1-22-14-20(26-19(22)24)8-10-23(11-9-20)13-16-6-7-18(25-16)17-5-3-2-4-15(17)12-21/h2-7H,8-11,13-14H2,1H3. The molecule has 2 aliphatic heterocycles. The molecular weight excluding hydrogens is 330 g/mol. The Morgan fingerprint density at radius 2 is 1.96 bits per heavy atom. The van der Waals surface area contributed by atoms with Crippen molar-refractivity contribution in [2.24, 2.45) is 0 Å². The summed E-state index contributed by atoms with van der Waals surface area (Å²) >= 11 is 0. The number of amides is 1. The second-order valence-electron chi connectivity index (χ2n) is 7.11. The van der Waals surface area contributed by atoms with E-state index >= 15 is 0 Å². The number of nitriles is 1. The molecule has 0 bridgehead atoms. The molecule has 1 amide bonds. The van der Waals surface area contributed by atoms with Crippen LogP contribution < -0.4 is 0 Å². The smallest absolute Gasteiger partial charge is 0.410 e. The molecule has 0 atom stereocenters. The first kappa shape index (κ1) is 16.7. The quantitative estimate of drug-likeness (QED) is 0.849. The van der Waals surface area contributed by atoms with Gasteiger partial charge in [0.05, 0.1) is 24.7 Å². The minimum absolute atomic E-state index is 0.217. The third-order valence-corrected chi connectivity index (χ3v) is 5.26. The van der Waals surface area contributed by atoms with Crippen molar-refractivity contribution in [1.82, 2.24) is 9.80 Å². The molecule has 2 aliphatic rings. The lowest BCUT2D eigenvalue weighted by Gasteiger charge is -2.36. The molecule has 3 heterocycles. The van der Waals surface area contributed by atoms with Crippen molar-refractivity contribution in [2.45, 2.75) is 25.0 Å². The molecule has 0 N–H and O–H groups in total. The molecule has 134 valence electrons. The van der Waals surface area contributed by atoms with E-state index in [4.69, 9.17) is 9.15 Å². The van der Waals surface area contributed by atoms with E-state index < -0.39 is 0 Å². The van der Waals surface area contributed by atoms with E-state index in [0.717, 1.165) is 43.0 Å². The molecule has 2 aromatic rings. The van der Waals surface area contributed by atoms with Crippen LogP contribution in [0.15, 0.2) is 40.8 Å². The molecule has 6 heteroatoms. The Morgan fingerprint density at radius 3 is 2.65 bits per heavy atom. The maximum Gasteiger partial charge on any atom is 0.410 e. The SMILES string of the molecule is CN1CC2(CCN(Cc3ccc(-c4ccccc4C#N)o3)CC2)OC1=O. The fraction of sp³-hybridized carbons (Fsp3) is 0.400. The highest BCUT2D eigenvalue weighted by Crippen LogP contribution is 2.33. The minimum Gasteiger partial charge on any atom is -0.460 e. The summed E-state index contributed by atoms with van der Waals surface area (Å²) in [5.41, 5.74) is 1.11. The summed E-state index contributed by atoms with van der Waals surface area (Å²) in [6, 6.07) is 13.5. The van der Waals surface area contributed by atoms with E-state index in [2.05, 4.69) is 11.0 Å². The van der Waals surface area contributed by atoms with Crippen LogP contribution in [-0.2, 0) is 11.3 Å². The monoisotopic (exact) mass is 351 g/mol. The van der Waals surface area contributed by atoms with Crippen molar-refractivity contribution in [3.63, 3.8) is 0 Å². The summed E-state index contributed by atoms with van der Waals surface area (Å²) in [5.74, 6) is 1.60. The second kappa shape index (κ2) is 6.50. The van der Waals surface area contributed by atoms with Gasteiger partial charge in [-0.15, -0.1) is 0 Å². The number of rotatable bonds is 3. The van der Waals surface area contributed by atoms with Crippen molar-refractivity contribution in [1.29, 1.82) is 5.26 Å². The van der Waals surface area contributed by atoms with E-state index in [1.807, 2.05) is 30.3 Å². The first-order chi connectivity index (χ1) is 12.6. The summed E-state index contributed by atoms with van der Waals surface area (Å²) in [6.07, 6.45) is 1.47. The molecule has 6 nitrogen and oxygen atoms in total. The van der Waals surface area contributed by atoms with Gasteiger partial charge in [-0.05, 0) is 24.3 Å². The molecule has 1 aromatic carbocycles. The summed E-state index contributed by atoms with van der Waals surface area (Å²) in [7, 11) is 1.78. The number of nitrogens with zero attached hydrogens (tertiary/aromatic N) is 3. The molecule has 0 saturated carbocycles. The molecule has 2 saturated heterocycles. The van der Waals surface area contributed by atoms with Crippen LogP contribution >= 0.6 is 0 Å². The Kier molecular flexibility index (Phi) is 4.17. The molecule has 1 aromatic heterocycles. The number of hydrogen-bond donors (Lipinski definition) is 0. The fourth-order valence-electron chi connectivity index (χ4n) is 3.79. The predicted octanol–water partition coefficient (Wildman–Crippen LogP) is 3.23. The number of hydrogen-bond acceptors (Lipinski definition) is 5. The highest BCUT2D eigenvalue weighted by atomic mass is 16.6. The number of likely N-dealkylation sites (tertiary alicyclic amines) is 1. The summed E-state index contributed by atoms with van der Waals surface area (Å²) in [5, 5.41) is 9.25. The molecular formula is C20H21N3O3. The maximum atomic E-state index is 11.7. The summed E-state index contributed by atoms with van der Waals surface area (Å²) < 4.78 is 11.6. The van der Waals surface area contributed by atoms with Crippen LogP contribution in [0.5, 0.6) is 0 Å². The van der Waals surface area contributed by atoms with Crippen LogP contribution in [0.25, 0.3) is 11.3 Å². The average molecular weight is 351 g/mol. The van der Waals surface area contributed by atoms with Gasteiger partial charge in [-0.3, -0.25) is 4.90 Å². The highest BCUT2D eigenvalue weighted by molar-refractivity contribution is 5.70. The number of ether oxygens (including phenoxy) is 1. The van der Waals surface area contributed by atoms with Gasteiger partial charge < -0.3 is 14.1 Å². The van der Waals surface area contributed by atoms with E-state index in [-0.39, 0.29) is 11.7 Å². The zero-order chi connectivity index (χ0) is 18.1. The second-order valence-corrected chi connectivity index (χ2v) is 7.11. The normalized spacial score (nSPS) is 19.5. The lowest BCUT2D eigenvalue weighted by atomic mass is 9.91. The van der Waals surface area contributed by atoms with Crippen LogP contribution in [-0.4, -0.2) is 48.2 Å². The van der Waals surface area contributed by atoms with Crippen LogP contribution in [0.3, 0.4) is 0 Å². The van der Waals surface area contributed by atoms with Crippen molar-refractivity contribution >= 4 is 6.09 Å². The first-order valence-corrected chi connectivity index (χ1v) is 8.83. The van der Waals surface area contributed by atoms with Gasteiger partial charge in [-0.25, -0.2) is 4.79 Å². The van der Waals surface area contributed by atoms with E-state index in [1.54, 1.807) is 18.0 Å². The fourth-order valence-corrected chi connectivity index (χ4v) is 3.79. The minimum atomic E-state index is -0.317. The van der Waals surface area contributed by atoms with Crippen molar-refractivity contribution in [3.8, 4) is 17.4 Å². The van der Waals surface area contributed by atoms with E-state index in [9.17, 15) is 10.1 Å². The number of furan rings is 1. The van der Waals surface area contributed by atoms with Gasteiger partial charge in [0.2, 0.25) is 0 Å². The average Bonchev–Trinajstić information content (AvgIpc) is 3.22. The van der Waals surface area contributed by atoms with Gasteiger partial charge in [-0.2, -0.15) is 5.26 Å². The zero-order valence-electron chi connectivity index (χ0n) is 14.8. The number of carbonyl (C=O) groups is 1. The Bertz CT molecular complexity index is 859. The van der Waals surface area contributed by atoms with E-state index in [0.29, 0.717) is 18.7 Å². The van der Waals surface area contributed by atoms with Gasteiger partial charge in [-0.1, -0.05) is 12.1 Å². The van der Waals surface area contributed by atoms with Gasteiger partial charge in [0.25, 0.3) is 0 Å². The Hall–Kier alpha value is -2.78. The number of likely N-dealkylation sites (N-methyl/N-ethyl adjacent to an activating group) is 1. The van der Waals surface area contributed by atoms with Crippen LogP contribution in [0, 0.1) is 11.3 Å². The van der Waals surface area contributed by atoms with Crippen molar-refractivity contribution in [3.05, 3.63) is 47.7 Å². The van der Waals surface area contributed by atoms with Gasteiger partial charge >= 0.3 is 6.09 Å². The molecule has 1 spiro atoms. The van der Waals surface area contributed by atoms with Crippen LogP contribution in [0.1, 0.15) is 24.2 Å². The predicted molar refractivity (Wildman–Crippen MR) is 95.2 cm³/mol. The number of carbonyl (C=O) groups excluding carboxylic acids is 1. The lowest BCUT2D eigenvalue weighted by Crippen LogP contribution is -2.46. The molecule has 0 aliphatic carbocycles. The van der Waals surface area contributed by atoms with Crippen molar-refractivity contribution < 1.29 is 13.9 Å². The van der Waals surface area contributed by atoms with Gasteiger partial charge in [0.1, 0.15) is 17.1 Å². The summed E-state index contributed by atoms with van der Waals surface area (Å²) in [4.78, 5) is 15.6. The molecule has 2 fully saturated rings. The van der Waals surface area contributed by atoms with Gasteiger partial charge in [0, 0.05) is 38.5 Å². The first-order valence-electron chi connectivity index (χ1n) is 8.83. The number of benzene rings is 1. The Balaban J connectivity index is 1.40. The molecule has 4 rings (SSSR count). The van der Waals surface area contributed by atoms with Crippen LogP contribution in [0.2, 0.25) is 0 Å². The number of piperidine rings is 1. The summed E-state index contributed by atoms with van der Waals surface area (Å²) in [6.45, 7) is 3.13. The largest absolute Gasteiger partial charge is 0.460 e. The third kappa shape index (κ3) is 3.06. The molecule has 0 radical (unpaired) electrons. The molecule has 0 unspecified atom stereocenters. The Labute approximate surface area is 152 Å². The van der Waals surface area contributed by atoms with Crippen LogP contribution in [0.4, 0.5) is 4.79 Å². The molecule has 26 heavy (non-hydrogen) atoms. The third-order valence-electron chi connectivity index (χ3n) is 5.26. The maximum absolute atomic E-state index is 11.7. The van der Waals surface area contributed by atoms with E-state index in [1.165, 1.54) is 0 Å². The zero-order valence-corrected chi connectivity index (χ0v) is 14.8. The lowest BCUT2D eigenvalue weighted by molar-refractivity contribution is -0.00252. The van der Waals surface area contributed by atoms with Gasteiger partial charge in [0.15, 0.2) is 0 Å². The van der Waals surface area contributed by atoms with Crippen molar-refractivity contribution in [2.75, 3.05) is 26.7 Å². The topological polar surface area (TPSA) is 69.7 Å².